The minimum absolute atomic E-state index is 0.0926. The molecule has 98 valence electrons. The summed E-state index contributed by atoms with van der Waals surface area (Å²) < 4.78 is 0. The van der Waals surface area contributed by atoms with Crippen molar-refractivity contribution >= 4 is 17.5 Å². The monoisotopic (exact) mass is 258 g/mol. The van der Waals surface area contributed by atoms with Crippen LogP contribution >= 0.6 is 11.6 Å². The van der Waals surface area contributed by atoms with Crippen LogP contribution in [0.4, 0.5) is 0 Å². The van der Waals surface area contributed by atoms with E-state index in [1.807, 2.05) is 4.90 Å². The minimum atomic E-state index is -0.378. The van der Waals surface area contributed by atoms with Crippen LogP contribution in [0.2, 0.25) is 0 Å². The smallest absolute Gasteiger partial charge is 0.240 e. The minimum Gasteiger partial charge on any atom is -0.339 e. The van der Waals surface area contributed by atoms with Gasteiger partial charge in [-0.2, -0.15) is 0 Å². The number of carbonyl (C=O) groups excluding carboxylic acids is 1. The highest BCUT2D eigenvalue weighted by atomic mass is 35.5. The summed E-state index contributed by atoms with van der Waals surface area (Å²) in [4.78, 5) is 16.2. The number of carbonyl (C=O) groups is 1. The number of amides is 1. The molecule has 2 fully saturated rings. The van der Waals surface area contributed by atoms with Gasteiger partial charge in [-0.15, -0.1) is 11.6 Å². The van der Waals surface area contributed by atoms with Crippen LogP contribution < -0.4 is 0 Å². The Hall–Kier alpha value is -0.280. The van der Waals surface area contributed by atoms with E-state index >= 15 is 0 Å². The normalized spacial score (nSPS) is 25.9. The first kappa shape index (κ1) is 13.2. The van der Waals surface area contributed by atoms with Gasteiger partial charge in [-0.3, -0.25) is 9.69 Å². The SMILES string of the molecule is CC(Cl)C(=O)N1CCN(C2CCCCC2)CC1. The van der Waals surface area contributed by atoms with E-state index in [1.165, 1.54) is 32.1 Å². The van der Waals surface area contributed by atoms with Crippen molar-refractivity contribution in [2.75, 3.05) is 26.2 Å². The first-order valence-electron chi connectivity index (χ1n) is 6.85. The molecule has 1 heterocycles. The summed E-state index contributed by atoms with van der Waals surface area (Å²) in [5, 5.41) is -0.378. The fraction of sp³-hybridized carbons (Fsp3) is 0.923. The fourth-order valence-electron chi connectivity index (χ4n) is 3.01. The van der Waals surface area contributed by atoms with E-state index in [2.05, 4.69) is 4.90 Å². The third-order valence-corrected chi connectivity index (χ3v) is 4.24. The van der Waals surface area contributed by atoms with Crippen LogP contribution in [0.1, 0.15) is 39.0 Å². The summed E-state index contributed by atoms with van der Waals surface area (Å²) in [6, 6.07) is 0.773. The highest BCUT2D eigenvalue weighted by Gasteiger charge is 2.28. The van der Waals surface area contributed by atoms with Crippen LogP contribution in [0.3, 0.4) is 0 Å². The van der Waals surface area contributed by atoms with Crippen LogP contribution in [0.15, 0.2) is 0 Å². The van der Waals surface area contributed by atoms with Gasteiger partial charge in [0.05, 0.1) is 0 Å². The van der Waals surface area contributed by atoms with Crippen LogP contribution in [-0.2, 0) is 4.79 Å². The summed E-state index contributed by atoms with van der Waals surface area (Å²) in [7, 11) is 0. The van der Waals surface area contributed by atoms with Gasteiger partial charge in [-0.05, 0) is 19.8 Å². The second-order valence-corrected chi connectivity index (χ2v) is 5.92. The average molecular weight is 259 g/mol. The van der Waals surface area contributed by atoms with E-state index in [4.69, 9.17) is 11.6 Å². The third-order valence-electron chi connectivity index (χ3n) is 4.06. The maximum atomic E-state index is 11.8. The van der Waals surface area contributed by atoms with Crippen molar-refractivity contribution in [1.82, 2.24) is 9.80 Å². The highest BCUT2D eigenvalue weighted by Crippen LogP contribution is 2.23. The lowest BCUT2D eigenvalue weighted by molar-refractivity contribution is -0.132. The zero-order chi connectivity index (χ0) is 12.3. The lowest BCUT2D eigenvalue weighted by atomic mass is 9.94. The van der Waals surface area contributed by atoms with Gasteiger partial charge in [0.15, 0.2) is 0 Å². The van der Waals surface area contributed by atoms with Crippen molar-refractivity contribution in [2.45, 2.75) is 50.4 Å². The van der Waals surface area contributed by atoms with Gasteiger partial charge in [0, 0.05) is 32.2 Å². The number of nitrogens with zero attached hydrogens (tertiary/aromatic N) is 2. The number of piperazine rings is 1. The Morgan fingerprint density at radius 2 is 1.71 bits per heavy atom. The molecular formula is C13H23ClN2O. The lowest BCUT2D eigenvalue weighted by Gasteiger charge is -2.41. The maximum absolute atomic E-state index is 11.8. The van der Waals surface area contributed by atoms with Gasteiger partial charge in [-0.1, -0.05) is 19.3 Å². The van der Waals surface area contributed by atoms with Gasteiger partial charge in [-0.25, -0.2) is 0 Å². The Morgan fingerprint density at radius 3 is 2.24 bits per heavy atom. The van der Waals surface area contributed by atoms with Gasteiger partial charge in [0.1, 0.15) is 5.38 Å². The highest BCUT2D eigenvalue weighted by molar-refractivity contribution is 6.30. The Balaban J connectivity index is 1.79. The van der Waals surface area contributed by atoms with Gasteiger partial charge in [0.25, 0.3) is 0 Å². The van der Waals surface area contributed by atoms with Crippen LogP contribution in [0.25, 0.3) is 0 Å². The van der Waals surface area contributed by atoms with E-state index in [9.17, 15) is 4.79 Å². The molecule has 0 aromatic carbocycles. The van der Waals surface area contributed by atoms with E-state index in [1.54, 1.807) is 6.92 Å². The fourth-order valence-corrected chi connectivity index (χ4v) is 3.14. The van der Waals surface area contributed by atoms with Crippen molar-refractivity contribution in [1.29, 1.82) is 0 Å². The largest absolute Gasteiger partial charge is 0.339 e. The van der Waals surface area contributed by atoms with Crippen molar-refractivity contribution in [2.24, 2.45) is 0 Å². The Kier molecular flexibility index (Phi) is 4.69. The summed E-state index contributed by atoms with van der Waals surface area (Å²) in [6.07, 6.45) is 6.85. The predicted molar refractivity (Wildman–Crippen MR) is 70.3 cm³/mol. The molecular weight excluding hydrogens is 236 g/mol. The second kappa shape index (κ2) is 6.05. The first-order valence-corrected chi connectivity index (χ1v) is 7.29. The maximum Gasteiger partial charge on any atom is 0.240 e. The molecule has 0 N–H and O–H groups in total. The molecule has 0 radical (unpaired) electrons. The molecule has 1 aliphatic heterocycles. The van der Waals surface area contributed by atoms with Crippen molar-refractivity contribution in [3.8, 4) is 0 Å². The summed E-state index contributed by atoms with van der Waals surface area (Å²) in [5.41, 5.74) is 0. The lowest BCUT2D eigenvalue weighted by Crippen LogP contribution is -2.53. The van der Waals surface area contributed by atoms with Crippen molar-refractivity contribution < 1.29 is 4.79 Å². The third kappa shape index (κ3) is 3.35. The molecule has 1 atom stereocenters. The number of alkyl halides is 1. The summed E-state index contributed by atoms with van der Waals surface area (Å²) in [5.74, 6) is 0.0926. The molecule has 0 bridgehead atoms. The standard InChI is InChI=1S/C13H23ClN2O/c1-11(14)13(17)16-9-7-15(8-10-16)12-5-3-2-4-6-12/h11-12H,2-10H2,1H3. The molecule has 1 unspecified atom stereocenters. The van der Waals surface area contributed by atoms with E-state index in [0.29, 0.717) is 0 Å². The summed E-state index contributed by atoms with van der Waals surface area (Å²) >= 11 is 5.84. The van der Waals surface area contributed by atoms with Gasteiger partial charge in [0.2, 0.25) is 5.91 Å². The molecule has 2 rings (SSSR count). The predicted octanol–water partition coefficient (Wildman–Crippen LogP) is 2.09. The first-order chi connectivity index (χ1) is 8.18. The average Bonchev–Trinajstić information content (AvgIpc) is 2.39. The van der Waals surface area contributed by atoms with Crippen molar-refractivity contribution in [3.05, 3.63) is 0 Å². The van der Waals surface area contributed by atoms with E-state index < -0.39 is 0 Å². The zero-order valence-electron chi connectivity index (χ0n) is 10.7. The van der Waals surface area contributed by atoms with Crippen LogP contribution in [0, 0.1) is 0 Å². The zero-order valence-corrected chi connectivity index (χ0v) is 11.5. The Morgan fingerprint density at radius 1 is 1.12 bits per heavy atom. The van der Waals surface area contributed by atoms with Gasteiger partial charge >= 0.3 is 0 Å². The molecule has 0 spiro atoms. The molecule has 1 aliphatic carbocycles. The Bertz CT molecular complexity index is 256. The number of hydrogen-bond donors (Lipinski definition) is 0. The van der Waals surface area contributed by atoms with Crippen LogP contribution in [-0.4, -0.2) is 53.3 Å². The van der Waals surface area contributed by atoms with Crippen LogP contribution in [0.5, 0.6) is 0 Å². The van der Waals surface area contributed by atoms with Gasteiger partial charge < -0.3 is 4.90 Å². The second-order valence-electron chi connectivity index (χ2n) is 5.27. The number of hydrogen-bond acceptors (Lipinski definition) is 2. The number of halogens is 1. The molecule has 1 saturated carbocycles. The molecule has 3 nitrogen and oxygen atoms in total. The quantitative estimate of drug-likeness (QED) is 0.708. The molecule has 1 saturated heterocycles. The van der Waals surface area contributed by atoms with E-state index in [0.717, 1.165) is 32.2 Å². The molecule has 1 amide bonds. The summed E-state index contributed by atoms with van der Waals surface area (Å²) in [6.45, 7) is 5.52. The van der Waals surface area contributed by atoms with Crippen molar-refractivity contribution in [3.63, 3.8) is 0 Å². The number of rotatable bonds is 2. The molecule has 0 aromatic rings. The molecule has 2 aliphatic rings. The molecule has 4 heteroatoms. The topological polar surface area (TPSA) is 23.6 Å². The molecule has 0 aromatic heterocycles. The Labute approximate surface area is 109 Å². The van der Waals surface area contributed by atoms with E-state index in [-0.39, 0.29) is 11.3 Å². The molecule has 17 heavy (non-hydrogen) atoms.